The number of hydrogen-bond donors (Lipinski definition) is 0. The van der Waals surface area contributed by atoms with Gasteiger partial charge in [0, 0.05) is 12.1 Å². The molecule has 33 heavy (non-hydrogen) atoms. The lowest BCUT2D eigenvalue weighted by atomic mass is 9.92. The average Bonchev–Trinajstić information content (AvgIpc) is 3.36. The number of rotatable bonds is 5. The van der Waals surface area contributed by atoms with E-state index in [4.69, 9.17) is 4.74 Å². The average molecular weight is 442 g/mol. The zero-order chi connectivity index (χ0) is 23.1. The number of methoxy groups -OCH3 is 1. The molecule has 0 aliphatic carbocycles. The lowest BCUT2D eigenvalue weighted by Gasteiger charge is -2.22. The lowest BCUT2D eigenvalue weighted by Crippen LogP contribution is -2.39. The smallest absolute Gasteiger partial charge is 0.269 e. The molecule has 1 fully saturated rings. The maximum absolute atomic E-state index is 13.5. The van der Waals surface area contributed by atoms with E-state index in [9.17, 15) is 19.7 Å². The van der Waals surface area contributed by atoms with Crippen LogP contribution >= 0.6 is 0 Å². The monoisotopic (exact) mass is 442 g/mol. The van der Waals surface area contributed by atoms with E-state index in [1.807, 2.05) is 30.3 Å². The van der Waals surface area contributed by atoms with Crippen LogP contribution in [0.15, 0.2) is 84.0 Å². The second-order valence-corrected chi connectivity index (χ2v) is 7.60. The summed E-state index contributed by atoms with van der Waals surface area (Å²) < 4.78 is 5.17. The van der Waals surface area contributed by atoms with Crippen LogP contribution in [-0.4, -0.2) is 35.6 Å². The van der Waals surface area contributed by atoms with Crippen molar-refractivity contribution in [1.82, 2.24) is 0 Å². The summed E-state index contributed by atoms with van der Waals surface area (Å²) >= 11 is 0. The van der Waals surface area contributed by atoms with Crippen LogP contribution in [0.3, 0.4) is 0 Å². The standard InChI is InChI=1S/C24H18N4O5/c1-33-19-13-11-16(12-14-19)26-23(29)20-21(15-7-9-18(10-8-15)28(31)32)25-27(22(20)24(26)30)17-5-3-2-4-6-17/h2-14,20,22H,1H3/t20-,22-/m1/s1. The molecule has 0 N–H and O–H groups in total. The number of anilines is 2. The minimum Gasteiger partial charge on any atom is -0.497 e. The summed E-state index contributed by atoms with van der Waals surface area (Å²) in [7, 11) is 1.54. The molecule has 2 amide bonds. The van der Waals surface area contributed by atoms with Crippen molar-refractivity contribution in [3.63, 3.8) is 0 Å². The first-order valence-corrected chi connectivity index (χ1v) is 10.2. The maximum atomic E-state index is 13.5. The summed E-state index contributed by atoms with van der Waals surface area (Å²) in [5.41, 5.74) is 1.99. The van der Waals surface area contributed by atoms with Crippen molar-refractivity contribution in [2.24, 2.45) is 11.0 Å². The fourth-order valence-corrected chi connectivity index (χ4v) is 4.19. The fraction of sp³-hybridized carbons (Fsp3) is 0.125. The van der Waals surface area contributed by atoms with Crippen LogP contribution in [0, 0.1) is 16.0 Å². The molecule has 2 atom stereocenters. The van der Waals surface area contributed by atoms with Crippen molar-refractivity contribution < 1.29 is 19.2 Å². The van der Waals surface area contributed by atoms with Gasteiger partial charge in [0.2, 0.25) is 5.91 Å². The second kappa shape index (κ2) is 7.86. The first-order chi connectivity index (χ1) is 16.0. The molecular formula is C24H18N4O5. The largest absolute Gasteiger partial charge is 0.497 e. The van der Waals surface area contributed by atoms with Gasteiger partial charge in [-0.15, -0.1) is 0 Å². The molecule has 9 heteroatoms. The Kier molecular flexibility index (Phi) is 4.86. The third-order valence-corrected chi connectivity index (χ3v) is 5.77. The number of amides is 2. The summed E-state index contributed by atoms with van der Waals surface area (Å²) in [6, 6.07) is 20.8. The van der Waals surface area contributed by atoms with Gasteiger partial charge in [-0.25, -0.2) is 4.90 Å². The molecule has 9 nitrogen and oxygen atoms in total. The number of hydrazone groups is 1. The number of nitro groups is 1. The minimum absolute atomic E-state index is 0.0671. The van der Waals surface area contributed by atoms with Gasteiger partial charge in [0.05, 0.1) is 29.1 Å². The maximum Gasteiger partial charge on any atom is 0.269 e. The lowest BCUT2D eigenvalue weighted by molar-refractivity contribution is -0.384. The van der Waals surface area contributed by atoms with Crippen LogP contribution in [0.5, 0.6) is 5.75 Å². The van der Waals surface area contributed by atoms with Crippen molar-refractivity contribution in [2.75, 3.05) is 17.0 Å². The number of non-ortho nitro benzene ring substituents is 1. The molecule has 5 rings (SSSR count). The van der Waals surface area contributed by atoms with Gasteiger partial charge >= 0.3 is 0 Å². The molecule has 1 saturated heterocycles. The third-order valence-electron chi connectivity index (χ3n) is 5.77. The molecule has 0 unspecified atom stereocenters. The van der Waals surface area contributed by atoms with Crippen molar-refractivity contribution >= 4 is 34.6 Å². The van der Waals surface area contributed by atoms with Crippen LogP contribution in [0.2, 0.25) is 0 Å². The van der Waals surface area contributed by atoms with Gasteiger partial charge in [-0.05, 0) is 54.1 Å². The van der Waals surface area contributed by atoms with Gasteiger partial charge in [0.15, 0.2) is 0 Å². The number of benzene rings is 3. The van der Waals surface area contributed by atoms with Gasteiger partial charge in [-0.2, -0.15) is 5.10 Å². The Balaban J connectivity index is 1.59. The predicted molar refractivity (Wildman–Crippen MR) is 121 cm³/mol. The fourth-order valence-electron chi connectivity index (χ4n) is 4.19. The first kappa shape index (κ1) is 20.4. The van der Waals surface area contributed by atoms with Crippen LogP contribution < -0.4 is 14.6 Å². The highest BCUT2D eigenvalue weighted by atomic mass is 16.6. The van der Waals surface area contributed by atoms with Crippen molar-refractivity contribution in [3.8, 4) is 5.75 Å². The second-order valence-electron chi connectivity index (χ2n) is 7.60. The van der Waals surface area contributed by atoms with E-state index in [2.05, 4.69) is 5.10 Å². The Labute approximate surface area is 188 Å². The summed E-state index contributed by atoms with van der Waals surface area (Å²) in [5.74, 6) is -1.02. The minimum atomic E-state index is -0.854. The molecule has 2 aliphatic rings. The highest BCUT2D eigenvalue weighted by molar-refractivity contribution is 6.34. The van der Waals surface area contributed by atoms with Crippen molar-refractivity contribution in [2.45, 2.75) is 6.04 Å². The highest BCUT2D eigenvalue weighted by Crippen LogP contribution is 2.39. The number of ether oxygens (including phenoxy) is 1. The Bertz CT molecular complexity index is 1270. The molecule has 2 aliphatic heterocycles. The SMILES string of the molecule is COc1ccc(N2C(=O)[C@@H]3C(c4ccc([N+](=O)[O-])cc4)=NN(c4ccccc4)[C@H]3C2=O)cc1. The molecule has 0 saturated carbocycles. The highest BCUT2D eigenvalue weighted by Gasteiger charge is 2.57. The van der Waals surface area contributed by atoms with E-state index >= 15 is 0 Å². The Morgan fingerprint density at radius 2 is 1.55 bits per heavy atom. The van der Waals surface area contributed by atoms with Gasteiger partial charge in [0.1, 0.15) is 17.7 Å². The van der Waals surface area contributed by atoms with E-state index in [1.165, 1.54) is 24.1 Å². The zero-order valence-electron chi connectivity index (χ0n) is 17.5. The zero-order valence-corrected chi connectivity index (χ0v) is 17.5. The summed E-state index contributed by atoms with van der Waals surface area (Å²) in [4.78, 5) is 38.8. The van der Waals surface area contributed by atoms with Gasteiger partial charge in [-0.3, -0.25) is 24.7 Å². The molecule has 3 aromatic carbocycles. The summed E-state index contributed by atoms with van der Waals surface area (Å²) in [6.45, 7) is 0. The molecule has 0 spiro atoms. The Morgan fingerprint density at radius 3 is 2.15 bits per heavy atom. The molecule has 0 bridgehead atoms. The number of carbonyl (C=O) groups excluding carboxylic acids is 2. The molecule has 164 valence electrons. The number of fused-ring (bicyclic) bond motifs is 1. The molecule has 2 heterocycles. The molecule has 0 aromatic heterocycles. The van der Waals surface area contributed by atoms with Crippen molar-refractivity contribution in [1.29, 1.82) is 0 Å². The van der Waals surface area contributed by atoms with Crippen molar-refractivity contribution in [3.05, 3.63) is 94.5 Å². The molecule has 3 aromatic rings. The van der Waals surface area contributed by atoms with E-state index in [-0.39, 0.29) is 11.6 Å². The van der Waals surface area contributed by atoms with Gasteiger partial charge in [0.25, 0.3) is 11.6 Å². The number of carbonyl (C=O) groups is 2. The number of hydrogen-bond acceptors (Lipinski definition) is 7. The molecule has 0 radical (unpaired) electrons. The predicted octanol–water partition coefficient (Wildman–Crippen LogP) is 3.39. The van der Waals surface area contributed by atoms with Gasteiger partial charge in [-0.1, -0.05) is 18.2 Å². The first-order valence-electron chi connectivity index (χ1n) is 10.2. The van der Waals surface area contributed by atoms with Gasteiger partial charge < -0.3 is 4.74 Å². The van der Waals surface area contributed by atoms with Crippen LogP contribution in [-0.2, 0) is 9.59 Å². The van der Waals surface area contributed by atoms with E-state index in [1.54, 1.807) is 41.4 Å². The van der Waals surface area contributed by atoms with E-state index < -0.39 is 22.8 Å². The normalized spacial score (nSPS) is 19.5. The van der Waals surface area contributed by atoms with E-state index in [0.717, 1.165) is 0 Å². The Morgan fingerprint density at radius 1 is 0.879 bits per heavy atom. The molecular weight excluding hydrogens is 424 g/mol. The number of imide groups is 1. The summed E-state index contributed by atoms with van der Waals surface area (Å²) in [5, 5.41) is 17.2. The number of para-hydroxylation sites is 1. The quantitative estimate of drug-likeness (QED) is 0.341. The number of nitrogens with zero attached hydrogens (tertiary/aromatic N) is 4. The third kappa shape index (κ3) is 3.30. The topological polar surface area (TPSA) is 105 Å². The number of nitro benzene ring substituents is 1. The summed E-state index contributed by atoms with van der Waals surface area (Å²) in [6.07, 6.45) is 0. The van der Waals surface area contributed by atoms with Crippen LogP contribution in [0.25, 0.3) is 0 Å². The van der Waals surface area contributed by atoms with Crippen LogP contribution in [0.4, 0.5) is 17.1 Å². The van der Waals surface area contributed by atoms with Crippen LogP contribution in [0.1, 0.15) is 5.56 Å². The Hall–Kier alpha value is -4.53. The van der Waals surface area contributed by atoms with E-state index in [0.29, 0.717) is 28.4 Å².